The molecular weight excluding hydrogens is 254 g/mol. The standard InChI is InChI=1S/C17H26ClN/c1-4-19-17(15-7-5-6-8-16(15)18)14-10-12(2)9-13(3)11-14/h5-8,12-14,17,19H,4,9-11H2,1-3H3. The fourth-order valence-corrected chi connectivity index (χ4v) is 4.01. The third kappa shape index (κ3) is 3.73. The van der Waals surface area contributed by atoms with E-state index in [9.17, 15) is 0 Å². The van der Waals surface area contributed by atoms with Crippen LogP contribution in [0.3, 0.4) is 0 Å². The summed E-state index contributed by atoms with van der Waals surface area (Å²) < 4.78 is 0. The van der Waals surface area contributed by atoms with E-state index in [1.54, 1.807) is 0 Å². The number of nitrogens with one attached hydrogen (secondary N) is 1. The smallest absolute Gasteiger partial charge is 0.0453 e. The van der Waals surface area contributed by atoms with E-state index in [1.165, 1.54) is 24.8 Å². The van der Waals surface area contributed by atoms with Gasteiger partial charge in [0.1, 0.15) is 0 Å². The van der Waals surface area contributed by atoms with Gasteiger partial charge in [-0.05, 0) is 55.2 Å². The maximum atomic E-state index is 6.41. The molecule has 19 heavy (non-hydrogen) atoms. The molecule has 3 unspecified atom stereocenters. The van der Waals surface area contributed by atoms with Gasteiger partial charge in [0.25, 0.3) is 0 Å². The van der Waals surface area contributed by atoms with Crippen LogP contribution in [0.1, 0.15) is 51.6 Å². The fourth-order valence-electron chi connectivity index (χ4n) is 3.76. The van der Waals surface area contributed by atoms with Crippen LogP contribution < -0.4 is 5.32 Å². The van der Waals surface area contributed by atoms with Crippen molar-refractivity contribution in [1.82, 2.24) is 5.32 Å². The van der Waals surface area contributed by atoms with Crippen molar-refractivity contribution in [3.63, 3.8) is 0 Å². The zero-order valence-corrected chi connectivity index (χ0v) is 13.1. The number of rotatable bonds is 4. The van der Waals surface area contributed by atoms with Gasteiger partial charge in [-0.3, -0.25) is 0 Å². The lowest BCUT2D eigenvalue weighted by molar-refractivity contribution is 0.177. The van der Waals surface area contributed by atoms with Crippen LogP contribution in [0, 0.1) is 17.8 Å². The number of benzene rings is 1. The molecule has 1 fully saturated rings. The van der Waals surface area contributed by atoms with E-state index in [0.29, 0.717) is 12.0 Å². The second-order valence-electron chi connectivity index (χ2n) is 6.23. The van der Waals surface area contributed by atoms with E-state index in [2.05, 4.69) is 38.2 Å². The first kappa shape index (κ1) is 14.9. The van der Waals surface area contributed by atoms with Crippen molar-refractivity contribution in [1.29, 1.82) is 0 Å². The highest BCUT2D eigenvalue weighted by Gasteiger charge is 2.31. The Labute approximate surface area is 122 Å². The predicted octanol–water partition coefficient (Wildman–Crippen LogP) is 5.06. The molecular formula is C17H26ClN. The normalized spacial score (nSPS) is 29.2. The Bertz CT molecular complexity index is 394. The van der Waals surface area contributed by atoms with Crippen molar-refractivity contribution in [2.24, 2.45) is 17.8 Å². The second-order valence-corrected chi connectivity index (χ2v) is 6.64. The Morgan fingerprint density at radius 1 is 1.16 bits per heavy atom. The van der Waals surface area contributed by atoms with Gasteiger partial charge in [-0.2, -0.15) is 0 Å². The molecule has 1 N–H and O–H groups in total. The summed E-state index contributed by atoms with van der Waals surface area (Å²) in [5.74, 6) is 2.37. The molecule has 1 aliphatic carbocycles. The molecule has 0 aliphatic heterocycles. The highest BCUT2D eigenvalue weighted by Crippen LogP contribution is 2.41. The molecule has 0 bridgehead atoms. The first-order valence-electron chi connectivity index (χ1n) is 7.59. The Morgan fingerprint density at radius 2 is 1.79 bits per heavy atom. The van der Waals surface area contributed by atoms with E-state index in [-0.39, 0.29) is 0 Å². The summed E-state index contributed by atoms with van der Waals surface area (Å²) in [5, 5.41) is 4.57. The van der Waals surface area contributed by atoms with Gasteiger partial charge in [0.2, 0.25) is 0 Å². The van der Waals surface area contributed by atoms with Crippen molar-refractivity contribution >= 4 is 11.6 Å². The summed E-state index contributed by atoms with van der Waals surface area (Å²) >= 11 is 6.41. The van der Waals surface area contributed by atoms with Gasteiger partial charge in [0, 0.05) is 11.1 Å². The lowest BCUT2D eigenvalue weighted by Gasteiger charge is -2.37. The van der Waals surface area contributed by atoms with E-state index in [1.807, 2.05) is 12.1 Å². The Balaban J connectivity index is 2.22. The highest BCUT2D eigenvalue weighted by atomic mass is 35.5. The predicted molar refractivity (Wildman–Crippen MR) is 83.5 cm³/mol. The first-order valence-corrected chi connectivity index (χ1v) is 7.97. The van der Waals surface area contributed by atoms with Gasteiger partial charge in [0.05, 0.1) is 0 Å². The summed E-state index contributed by atoms with van der Waals surface area (Å²) in [7, 11) is 0. The zero-order valence-electron chi connectivity index (χ0n) is 12.3. The SMILES string of the molecule is CCNC(c1ccccc1Cl)C1CC(C)CC(C)C1. The molecule has 2 heteroatoms. The van der Waals surface area contributed by atoms with Crippen molar-refractivity contribution in [2.75, 3.05) is 6.54 Å². The molecule has 0 amide bonds. The molecule has 2 rings (SSSR count). The first-order chi connectivity index (χ1) is 9.11. The van der Waals surface area contributed by atoms with Crippen LogP contribution in [0.4, 0.5) is 0 Å². The molecule has 1 saturated carbocycles. The average Bonchev–Trinajstić information content (AvgIpc) is 2.36. The van der Waals surface area contributed by atoms with Crippen molar-refractivity contribution in [2.45, 2.75) is 46.1 Å². The van der Waals surface area contributed by atoms with Gasteiger partial charge in [-0.1, -0.05) is 50.6 Å². The van der Waals surface area contributed by atoms with Crippen molar-refractivity contribution in [3.8, 4) is 0 Å². The summed E-state index contributed by atoms with van der Waals surface area (Å²) in [5.41, 5.74) is 1.28. The fraction of sp³-hybridized carbons (Fsp3) is 0.647. The maximum absolute atomic E-state index is 6.41. The van der Waals surface area contributed by atoms with Crippen LogP contribution in [-0.4, -0.2) is 6.54 Å². The van der Waals surface area contributed by atoms with Gasteiger partial charge >= 0.3 is 0 Å². The zero-order chi connectivity index (χ0) is 13.8. The Morgan fingerprint density at radius 3 is 2.37 bits per heavy atom. The molecule has 1 nitrogen and oxygen atoms in total. The van der Waals surface area contributed by atoms with Crippen LogP contribution in [0.15, 0.2) is 24.3 Å². The summed E-state index contributed by atoms with van der Waals surface area (Å²) in [6.45, 7) is 7.95. The minimum absolute atomic E-state index is 0.406. The monoisotopic (exact) mass is 279 g/mol. The van der Waals surface area contributed by atoms with Crippen LogP contribution in [-0.2, 0) is 0 Å². The maximum Gasteiger partial charge on any atom is 0.0453 e. The largest absolute Gasteiger partial charge is 0.310 e. The highest BCUT2D eigenvalue weighted by molar-refractivity contribution is 6.31. The van der Waals surface area contributed by atoms with Crippen molar-refractivity contribution in [3.05, 3.63) is 34.9 Å². The minimum Gasteiger partial charge on any atom is -0.310 e. The average molecular weight is 280 g/mol. The van der Waals surface area contributed by atoms with Crippen LogP contribution in [0.25, 0.3) is 0 Å². The number of halogens is 1. The molecule has 0 aromatic heterocycles. The molecule has 1 aromatic rings. The van der Waals surface area contributed by atoms with Crippen LogP contribution in [0.2, 0.25) is 5.02 Å². The molecule has 0 heterocycles. The summed E-state index contributed by atoms with van der Waals surface area (Å²) in [6, 6.07) is 8.71. The number of hydrogen-bond donors (Lipinski definition) is 1. The van der Waals surface area contributed by atoms with E-state index in [4.69, 9.17) is 11.6 Å². The number of hydrogen-bond acceptors (Lipinski definition) is 1. The Hall–Kier alpha value is -0.530. The molecule has 1 aromatic carbocycles. The molecule has 106 valence electrons. The summed E-state index contributed by atoms with van der Waals surface area (Å²) in [4.78, 5) is 0. The molecule has 3 atom stereocenters. The van der Waals surface area contributed by atoms with Crippen LogP contribution >= 0.6 is 11.6 Å². The van der Waals surface area contributed by atoms with Crippen molar-refractivity contribution < 1.29 is 0 Å². The second kappa shape index (κ2) is 6.76. The summed E-state index contributed by atoms with van der Waals surface area (Å²) in [6.07, 6.45) is 4.00. The molecule has 0 saturated heterocycles. The topological polar surface area (TPSA) is 12.0 Å². The lowest BCUT2D eigenvalue weighted by atomic mass is 9.72. The Kier molecular flexibility index (Phi) is 5.29. The third-order valence-corrected chi connectivity index (χ3v) is 4.69. The molecule has 1 aliphatic rings. The van der Waals surface area contributed by atoms with Gasteiger partial charge in [-0.25, -0.2) is 0 Å². The van der Waals surface area contributed by atoms with Gasteiger partial charge < -0.3 is 5.32 Å². The molecule has 0 spiro atoms. The minimum atomic E-state index is 0.406. The van der Waals surface area contributed by atoms with E-state index >= 15 is 0 Å². The molecule has 0 radical (unpaired) electrons. The van der Waals surface area contributed by atoms with E-state index < -0.39 is 0 Å². The third-order valence-electron chi connectivity index (χ3n) is 4.35. The van der Waals surface area contributed by atoms with Gasteiger partial charge in [-0.15, -0.1) is 0 Å². The lowest BCUT2D eigenvalue weighted by Crippen LogP contribution is -2.33. The quantitative estimate of drug-likeness (QED) is 0.812. The van der Waals surface area contributed by atoms with Crippen LogP contribution in [0.5, 0.6) is 0 Å². The van der Waals surface area contributed by atoms with Gasteiger partial charge in [0.15, 0.2) is 0 Å². The van der Waals surface area contributed by atoms with E-state index in [0.717, 1.165) is 23.4 Å².